The first-order valence-electron chi connectivity index (χ1n) is 5.89. The third-order valence-corrected chi connectivity index (χ3v) is 4.41. The summed E-state index contributed by atoms with van der Waals surface area (Å²) in [5, 5.41) is 0. The second kappa shape index (κ2) is 6.36. The lowest BCUT2D eigenvalue weighted by molar-refractivity contribution is 0.384. The van der Waals surface area contributed by atoms with Crippen molar-refractivity contribution in [1.82, 2.24) is 0 Å². The molecule has 112 valence electrons. The molecular formula is C14H13BrO5S. The van der Waals surface area contributed by atoms with Crippen LogP contribution in [0.2, 0.25) is 0 Å². The Labute approximate surface area is 131 Å². The van der Waals surface area contributed by atoms with Crippen molar-refractivity contribution in [2.24, 2.45) is 0 Å². The number of hydrogen-bond donors (Lipinski definition) is 0. The number of para-hydroxylation sites is 2. The molecule has 0 aliphatic heterocycles. The highest BCUT2D eigenvalue weighted by molar-refractivity contribution is 9.10. The van der Waals surface area contributed by atoms with E-state index >= 15 is 0 Å². The lowest BCUT2D eigenvalue weighted by Crippen LogP contribution is -2.11. The van der Waals surface area contributed by atoms with Crippen LogP contribution in [-0.4, -0.2) is 22.6 Å². The normalized spacial score (nSPS) is 11.0. The van der Waals surface area contributed by atoms with Gasteiger partial charge in [0, 0.05) is 4.47 Å². The summed E-state index contributed by atoms with van der Waals surface area (Å²) in [6, 6.07) is 11.2. The SMILES string of the molecule is COc1ccccc1OS(=O)(=O)c1cc(Br)ccc1OC. The van der Waals surface area contributed by atoms with Crippen molar-refractivity contribution < 1.29 is 22.1 Å². The average Bonchev–Trinajstić information content (AvgIpc) is 2.47. The van der Waals surface area contributed by atoms with Crippen LogP contribution in [0, 0.1) is 0 Å². The molecule has 0 aliphatic rings. The zero-order valence-electron chi connectivity index (χ0n) is 11.4. The fraction of sp³-hybridized carbons (Fsp3) is 0.143. The average molecular weight is 373 g/mol. The molecule has 0 unspecified atom stereocenters. The Morgan fingerprint density at radius 3 is 2.14 bits per heavy atom. The molecule has 2 aromatic rings. The Morgan fingerprint density at radius 2 is 1.52 bits per heavy atom. The van der Waals surface area contributed by atoms with E-state index in [0.29, 0.717) is 10.2 Å². The number of halogens is 1. The molecule has 0 aliphatic carbocycles. The van der Waals surface area contributed by atoms with Crippen molar-refractivity contribution in [2.45, 2.75) is 4.90 Å². The number of benzene rings is 2. The van der Waals surface area contributed by atoms with Gasteiger partial charge in [-0.1, -0.05) is 28.1 Å². The van der Waals surface area contributed by atoms with Crippen molar-refractivity contribution in [3.8, 4) is 17.2 Å². The number of hydrogen-bond acceptors (Lipinski definition) is 5. The van der Waals surface area contributed by atoms with Crippen LogP contribution in [-0.2, 0) is 10.1 Å². The summed E-state index contributed by atoms with van der Waals surface area (Å²) < 4.78 is 40.7. The first kappa shape index (κ1) is 15.7. The largest absolute Gasteiger partial charge is 0.495 e. The summed E-state index contributed by atoms with van der Waals surface area (Å²) >= 11 is 3.23. The van der Waals surface area contributed by atoms with Gasteiger partial charge in [-0.15, -0.1) is 0 Å². The van der Waals surface area contributed by atoms with E-state index in [4.69, 9.17) is 13.7 Å². The van der Waals surface area contributed by atoms with E-state index in [-0.39, 0.29) is 16.4 Å². The van der Waals surface area contributed by atoms with Crippen molar-refractivity contribution in [1.29, 1.82) is 0 Å². The lowest BCUT2D eigenvalue weighted by Gasteiger charge is -2.12. The molecule has 0 saturated carbocycles. The zero-order chi connectivity index (χ0) is 15.5. The number of methoxy groups -OCH3 is 2. The molecule has 0 atom stereocenters. The third-order valence-electron chi connectivity index (χ3n) is 2.66. The monoisotopic (exact) mass is 372 g/mol. The highest BCUT2D eigenvalue weighted by Gasteiger charge is 2.23. The smallest absolute Gasteiger partial charge is 0.343 e. The van der Waals surface area contributed by atoms with Gasteiger partial charge in [-0.3, -0.25) is 0 Å². The highest BCUT2D eigenvalue weighted by atomic mass is 79.9. The fourth-order valence-electron chi connectivity index (χ4n) is 1.70. The second-order valence-corrected chi connectivity index (χ2v) is 6.41. The molecule has 0 fully saturated rings. The minimum atomic E-state index is -4.05. The third kappa shape index (κ3) is 3.48. The molecule has 0 amide bonds. The van der Waals surface area contributed by atoms with Gasteiger partial charge < -0.3 is 13.7 Å². The summed E-state index contributed by atoms with van der Waals surface area (Å²) in [5.74, 6) is 0.644. The quantitative estimate of drug-likeness (QED) is 0.753. The minimum Gasteiger partial charge on any atom is -0.495 e. The molecule has 21 heavy (non-hydrogen) atoms. The molecule has 0 spiro atoms. The van der Waals surface area contributed by atoms with E-state index in [9.17, 15) is 8.42 Å². The van der Waals surface area contributed by atoms with Gasteiger partial charge in [-0.25, -0.2) is 0 Å². The standard InChI is InChI=1S/C14H13BrO5S/c1-18-11-5-3-4-6-12(11)20-21(16,17)14-9-10(15)7-8-13(14)19-2/h3-9H,1-2H3. The maximum absolute atomic E-state index is 12.4. The zero-order valence-corrected chi connectivity index (χ0v) is 13.8. The second-order valence-electron chi connectivity index (χ2n) is 3.98. The van der Waals surface area contributed by atoms with E-state index in [0.717, 1.165) is 0 Å². The van der Waals surface area contributed by atoms with Gasteiger partial charge in [0.2, 0.25) is 0 Å². The van der Waals surface area contributed by atoms with Gasteiger partial charge in [-0.05, 0) is 30.3 Å². The van der Waals surface area contributed by atoms with Crippen LogP contribution in [0.1, 0.15) is 0 Å². The Bertz CT molecular complexity index is 743. The van der Waals surface area contributed by atoms with Gasteiger partial charge in [0.05, 0.1) is 14.2 Å². The van der Waals surface area contributed by atoms with Crippen LogP contribution in [0.3, 0.4) is 0 Å². The van der Waals surface area contributed by atoms with E-state index in [1.807, 2.05) is 0 Å². The van der Waals surface area contributed by atoms with Crippen LogP contribution in [0.5, 0.6) is 17.2 Å². The maximum Gasteiger partial charge on any atom is 0.343 e. The molecule has 0 bridgehead atoms. The summed E-state index contributed by atoms with van der Waals surface area (Å²) in [6.07, 6.45) is 0. The van der Waals surface area contributed by atoms with Crippen LogP contribution < -0.4 is 13.7 Å². The molecule has 5 nitrogen and oxygen atoms in total. The first-order chi connectivity index (χ1) is 9.97. The van der Waals surface area contributed by atoms with E-state index in [1.165, 1.54) is 26.4 Å². The maximum atomic E-state index is 12.4. The van der Waals surface area contributed by atoms with Crippen molar-refractivity contribution in [2.75, 3.05) is 14.2 Å². The minimum absolute atomic E-state index is 0.0646. The van der Waals surface area contributed by atoms with Crippen molar-refractivity contribution >= 4 is 26.0 Å². The van der Waals surface area contributed by atoms with Crippen LogP contribution in [0.15, 0.2) is 51.8 Å². The topological polar surface area (TPSA) is 61.8 Å². The molecule has 0 heterocycles. The summed E-state index contributed by atoms with van der Waals surface area (Å²) in [6.45, 7) is 0. The first-order valence-corrected chi connectivity index (χ1v) is 8.09. The molecule has 2 rings (SSSR count). The Hall–Kier alpha value is -1.73. The molecule has 0 radical (unpaired) electrons. The Morgan fingerprint density at radius 1 is 0.905 bits per heavy atom. The van der Waals surface area contributed by atoms with Gasteiger partial charge >= 0.3 is 10.1 Å². The van der Waals surface area contributed by atoms with Crippen LogP contribution in [0.25, 0.3) is 0 Å². The van der Waals surface area contributed by atoms with Gasteiger partial charge in [-0.2, -0.15) is 8.42 Å². The molecule has 0 aromatic heterocycles. The van der Waals surface area contributed by atoms with Gasteiger partial charge in [0.15, 0.2) is 11.5 Å². The number of rotatable bonds is 5. The summed E-state index contributed by atoms with van der Waals surface area (Å²) in [4.78, 5) is -0.0646. The lowest BCUT2D eigenvalue weighted by atomic mass is 10.3. The number of ether oxygens (including phenoxy) is 2. The summed E-state index contributed by atoms with van der Waals surface area (Å²) in [7, 11) is -1.21. The highest BCUT2D eigenvalue weighted by Crippen LogP contribution is 2.33. The van der Waals surface area contributed by atoms with E-state index in [2.05, 4.69) is 15.9 Å². The summed E-state index contributed by atoms with van der Waals surface area (Å²) in [5.41, 5.74) is 0. The van der Waals surface area contributed by atoms with E-state index < -0.39 is 10.1 Å². The van der Waals surface area contributed by atoms with Gasteiger partial charge in [0.1, 0.15) is 10.6 Å². The molecule has 2 aromatic carbocycles. The van der Waals surface area contributed by atoms with E-state index in [1.54, 1.807) is 30.3 Å². The molecule has 0 N–H and O–H groups in total. The molecular weight excluding hydrogens is 360 g/mol. The molecule has 0 saturated heterocycles. The predicted octanol–water partition coefficient (Wildman–Crippen LogP) is 3.23. The molecule has 7 heteroatoms. The predicted molar refractivity (Wildman–Crippen MR) is 81.5 cm³/mol. The van der Waals surface area contributed by atoms with Crippen LogP contribution >= 0.6 is 15.9 Å². The van der Waals surface area contributed by atoms with Crippen LogP contribution in [0.4, 0.5) is 0 Å². The Kier molecular flexibility index (Phi) is 4.74. The van der Waals surface area contributed by atoms with Gasteiger partial charge in [0.25, 0.3) is 0 Å². The van der Waals surface area contributed by atoms with Crippen molar-refractivity contribution in [3.63, 3.8) is 0 Å². The van der Waals surface area contributed by atoms with Crippen molar-refractivity contribution in [3.05, 3.63) is 46.9 Å². The Balaban J connectivity index is 2.46. The fourth-order valence-corrected chi connectivity index (χ4v) is 3.34.